The summed E-state index contributed by atoms with van der Waals surface area (Å²) in [5, 5.41) is 2.94. The first-order valence-electron chi connectivity index (χ1n) is 9.76. The number of carbonyl (C=O) groups excluding carboxylic acids is 2. The van der Waals surface area contributed by atoms with Crippen LogP contribution in [0.1, 0.15) is 24.5 Å². The lowest BCUT2D eigenvalue weighted by molar-refractivity contribution is -0.139. The van der Waals surface area contributed by atoms with E-state index in [0.29, 0.717) is 26.1 Å². The van der Waals surface area contributed by atoms with Gasteiger partial charge < -0.3 is 19.7 Å². The number of rotatable bonds is 11. The molecule has 2 aromatic rings. The zero-order valence-corrected chi connectivity index (χ0v) is 17.4. The van der Waals surface area contributed by atoms with Crippen molar-refractivity contribution in [2.45, 2.75) is 32.4 Å². The zero-order valence-electron chi connectivity index (χ0n) is 17.4. The first-order valence-corrected chi connectivity index (χ1v) is 9.76. The van der Waals surface area contributed by atoms with Crippen molar-refractivity contribution in [1.29, 1.82) is 0 Å². The van der Waals surface area contributed by atoms with Crippen LogP contribution in [0.3, 0.4) is 0 Å². The molecule has 2 amide bonds. The van der Waals surface area contributed by atoms with Gasteiger partial charge in [0, 0.05) is 40.2 Å². The van der Waals surface area contributed by atoms with E-state index >= 15 is 0 Å². The molecule has 0 radical (unpaired) electrons. The van der Waals surface area contributed by atoms with Gasteiger partial charge in [-0.15, -0.1) is 0 Å². The minimum absolute atomic E-state index is 0.145. The van der Waals surface area contributed by atoms with Gasteiger partial charge in [-0.1, -0.05) is 42.5 Å². The molecule has 0 aromatic heterocycles. The third-order valence-corrected chi connectivity index (χ3v) is 4.69. The first kappa shape index (κ1) is 22.4. The number of nitrogens with zero attached hydrogens (tertiary/aromatic N) is 1. The molecule has 2 aromatic carbocycles. The second kappa shape index (κ2) is 11.9. The van der Waals surface area contributed by atoms with Gasteiger partial charge in [0.25, 0.3) is 0 Å². The Hall–Kier alpha value is -2.86. The smallest absolute Gasteiger partial charge is 0.243 e. The van der Waals surface area contributed by atoms with Gasteiger partial charge in [-0.2, -0.15) is 0 Å². The second-order valence-electron chi connectivity index (χ2n) is 6.84. The number of amides is 2. The molecule has 1 N–H and O–H groups in total. The standard InChI is InChI=1S/C23H30N2O4/c1-18(26)25(17-20-10-12-21(29-3)13-11-20)22(16-19-8-5-4-6-9-19)23(27)24-14-7-15-28-2/h4-6,8-13,22H,7,14-17H2,1-3H3,(H,24,27)/t22-/m0/s1. The maximum Gasteiger partial charge on any atom is 0.243 e. The molecule has 0 unspecified atom stereocenters. The zero-order chi connectivity index (χ0) is 21.1. The van der Waals surface area contributed by atoms with Gasteiger partial charge >= 0.3 is 0 Å². The van der Waals surface area contributed by atoms with Gasteiger partial charge in [0.2, 0.25) is 11.8 Å². The van der Waals surface area contributed by atoms with Crippen molar-refractivity contribution in [3.05, 3.63) is 65.7 Å². The second-order valence-corrected chi connectivity index (χ2v) is 6.84. The molecular weight excluding hydrogens is 368 g/mol. The van der Waals surface area contributed by atoms with Crippen LogP contribution in [-0.4, -0.2) is 50.1 Å². The number of benzene rings is 2. The third kappa shape index (κ3) is 7.23. The highest BCUT2D eigenvalue weighted by Gasteiger charge is 2.28. The van der Waals surface area contributed by atoms with Crippen LogP contribution in [0.15, 0.2) is 54.6 Å². The number of methoxy groups -OCH3 is 2. The van der Waals surface area contributed by atoms with Gasteiger partial charge in [0.05, 0.1) is 7.11 Å². The molecule has 0 saturated heterocycles. The number of hydrogen-bond donors (Lipinski definition) is 1. The highest BCUT2D eigenvalue weighted by molar-refractivity contribution is 5.87. The summed E-state index contributed by atoms with van der Waals surface area (Å²) in [4.78, 5) is 27.1. The summed E-state index contributed by atoms with van der Waals surface area (Å²) in [7, 11) is 3.24. The van der Waals surface area contributed by atoms with E-state index in [-0.39, 0.29) is 11.8 Å². The van der Waals surface area contributed by atoms with E-state index in [4.69, 9.17) is 9.47 Å². The molecule has 6 heteroatoms. The third-order valence-electron chi connectivity index (χ3n) is 4.69. The molecule has 0 bridgehead atoms. The summed E-state index contributed by atoms with van der Waals surface area (Å²) in [5.41, 5.74) is 1.94. The highest BCUT2D eigenvalue weighted by Crippen LogP contribution is 2.17. The van der Waals surface area contributed by atoms with Gasteiger partial charge in [0.1, 0.15) is 11.8 Å². The van der Waals surface area contributed by atoms with Crippen LogP contribution in [-0.2, 0) is 27.3 Å². The molecule has 0 aliphatic carbocycles. The summed E-state index contributed by atoms with van der Waals surface area (Å²) in [6, 6.07) is 16.7. The summed E-state index contributed by atoms with van der Waals surface area (Å²) >= 11 is 0. The molecule has 0 aliphatic heterocycles. The summed E-state index contributed by atoms with van der Waals surface area (Å²) in [5.74, 6) is 0.447. The molecule has 1 atom stereocenters. The van der Waals surface area contributed by atoms with Gasteiger partial charge in [0.15, 0.2) is 0 Å². The van der Waals surface area contributed by atoms with Crippen molar-refractivity contribution in [3.8, 4) is 5.75 Å². The topological polar surface area (TPSA) is 67.9 Å². The number of ether oxygens (including phenoxy) is 2. The monoisotopic (exact) mass is 398 g/mol. The van der Waals surface area contributed by atoms with E-state index in [0.717, 1.165) is 23.3 Å². The molecule has 6 nitrogen and oxygen atoms in total. The van der Waals surface area contributed by atoms with Crippen LogP contribution in [0.5, 0.6) is 5.75 Å². The first-order chi connectivity index (χ1) is 14.0. The van der Waals surface area contributed by atoms with E-state index in [1.807, 2.05) is 54.6 Å². The minimum Gasteiger partial charge on any atom is -0.497 e. The van der Waals surface area contributed by atoms with E-state index in [1.54, 1.807) is 19.1 Å². The van der Waals surface area contributed by atoms with Crippen molar-refractivity contribution in [1.82, 2.24) is 10.2 Å². The SMILES string of the molecule is COCCCNC(=O)[C@H](Cc1ccccc1)N(Cc1ccc(OC)cc1)C(C)=O. The van der Waals surface area contributed by atoms with Gasteiger partial charge in [-0.05, 0) is 29.7 Å². The molecule has 29 heavy (non-hydrogen) atoms. The van der Waals surface area contributed by atoms with E-state index in [9.17, 15) is 9.59 Å². The molecule has 0 saturated carbocycles. The minimum atomic E-state index is -0.598. The Bertz CT molecular complexity index is 762. The van der Waals surface area contributed by atoms with Crippen LogP contribution < -0.4 is 10.1 Å². The Morgan fingerprint density at radius 2 is 1.69 bits per heavy atom. The van der Waals surface area contributed by atoms with E-state index in [1.165, 1.54) is 6.92 Å². The van der Waals surface area contributed by atoms with Crippen LogP contribution >= 0.6 is 0 Å². The molecule has 156 valence electrons. The Morgan fingerprint density at radius 3 is 2.28 bits per heavy atom. The Kier molecular flexibility index (Phi) is 9.18. The molecule has 0 spiro atoms. The number of carbonyl (C=O) groups is 2. The maximum absolute atomic E-state index is 13.0. The molecule has 0 aliphatic rings. The van der Waals surface area contributed by atoms with Crippen molar-refractivity contribution in [2.75, 3.05) is 27.4 Å². The summed E-state index contributed by atoms with van der Waals surface area (Å²) in [6.07, 6.45) is 1.17. The summed E-state index contributed by atoms with van der Waals surface area (Å²) in [6.45, 7) is 2.93. The normalized spacial score (nSPS) is 11.6. The van der Waals surface area contributed by atoms with Gasteiger partial charge in [-0.3, -0.25) is 9.59 Å². The summed E-state index contributed by atoms with van der Waals surface area (Å²) < 4.78 is 10.2. The Balaban J connectivity index is 2.20. The van der Waals surface area contributed by atoms with Crippen LogP contribution in [0.2, 0.25) is 0 Å². The predicted octanol–water partition coefficient (Wildman–Crippen LogP) is 2.81. The average molecular weight is 399 g/mol. The van der Waals surface area contributed by atoms with Crippen molar-refractivity contribution in [2.24, 2.45) is 0 Å². The van der Waals surface area contributed by atoms with Crippen LogP contribution in [0, 0.1) is 0 Å². The highest BCUT2D eigenvalue weighted by atomic mass is 16.5. The van der Waals surface area contributed by atoms with Crippen molar-refractivity contribution in [3.63, 3.8) is 0 Å². The predicted molar refractivity (Wildman–Crippen MR) is 113 cm³/mol. The largest absolute Gasteiger partial charge is 0.497 e. The van der Waals surface area contributed by atoms with Crippen LogP contribution in [0.25, 0.3) is 0 Å². The molecule has 0 fully saturated rings. The van der Waals surface area contributed by atoms with Crippen LogP contribution in [0.4, 0.5) is 0 Å². The van der Waals surface area contributed by atoms with Gasteiger partial charge in [-0.25, -0.2) is 0 Å². The van der Waals surface area contributed by atoms with Crippen molar-refractivity contribution < 1.29 is 19.1 Å². The van der Waals surface area contributed by atoms with Crippen molar-refractivity contribution >= 4 is 11.8 Å². The Morgan fingerprint density at radius 1 is 1.00 bits per heavy atom. The quantitative estimate of drug-likeness (QED) is 0.591. The molecule has 0 heterocycles. The molecule has 2 rings (SSSR count). The lowest BCUT2D eigenvalue weighted by Gasteiger charge is -2.30. The number of nitrogens with one attached hydrogen (secondary N) is 1. The van der Waals surface area contributed by atoms with E-state index in [2.05, 4.69) is 5.32 Å². The molecular formula is C23H30N2O4. The average Bonchev–Trinajstić information content (AvgIpc) is 2.74. The number of hydrogen-bond acceptors (Lipinski definition) is 4. The fourth-order valence-corrected chi connectivity index (χ4v) is 3.10. The maximum atomic E-state index is 13.0. The Labute approximate surface area is 172 Å². The fourth-order valence-electron chi connectivity index (χ4n) is 3.10. The lowest BCUT2D eigenvalue weighted by Crippen LogP contribution is -2.50. The lowest BCUT2D eigenvalue weighted by atomic mass is 10.0. The fraction of sp³-hybridized carbons (Fsp3) is 0.391. The van der Waals surface area contributed by atoms with E-state index < -0.39 is 6.04 Å².